The first-order valence-corrected chi connectivity index (χ1v) is 48.5. The number of guanidine groups is 1. The van der Waals surface area contributed by atoms with E-state index in [-0.39, 0.29) is 88.3 Å². The second-order valence-corrected chi connectivity index (χ2v) is 39.1. The summed E-state index contributed by atoms with van der Waals surface area (Å²) in [7, 11) is 4.57. The van der Waals surface area contributed by atoms with Gasteiger partial charge in [0.2, 0.25) is 17.7 Å². The summed E-state index contributed by atoms with van der Waals surface area (Å²) in [5, 5.41) is 22.9. The molecule has 14 rings (SSSR count). The van der Waals surface area contributed by atoms with Crippen molar-refractivity contribution >= 4 is 104 Å². The van der Waals surface area contributed by atoms with Crippen LogP contribution in [0.15, 0.2) is 169 Å². The molecule has 3 fully saturated rings. The Labute approximate surface area is 750 Å². The average Bonchev–Trinajstić information content (AvgIpc) is 1.55. The van der Waals surface area contributed by atoms with E-state index in [2.05, 4.69) is 108 Å². The molecule has 3 amide bonds. The third kappa shape index (κ3) is 23.9. The third-order valence-electron chi connectivity index (χ3n) is 27.9. The number of aliphatic hydroxyl groups excluding tert-OH is 1. The Morgan fingerprint density at radius 1 is 0.556 bits per heavy atom. The Morgan fingerprint density at radius 3 is 1.82 bits per heavy atom. The lowest BCUT2D eigenvalue weighted by Gasteiger charge is -2.47. The van der Waals surface area contributed by atoms with Crippen LogP contribution in [0.5, 0.6) is 0 Å². The van der Waals surface area contributed by atoms with Gasteiger partial charge >= 0.3 is 0 Å². The SMILES string of the molecule is C[C@@H](O)[C@@H]1NC(=O)[C@H](CCCCN)CC(=O)[C@@H](Cc2c[nH]c3ccccc23)NC(=O)[C@H](Cc2ccccc2)CC(=O)[C@H](Cc2ccccc2)NC(=O)[C@H](CCCN=C(N)N)CC(=O)[C@H](N(CCSC[C@@H]2C[C@@H]3c4cccc5c4C(=CC5)C[C@H]3N(C)C2)CCSC[C@@H]2C[C@@H]3c4cccc5[nH]cc(c45)C[C@H]3N(C)C2)CCCCCC(=O)[C@H](Cc2ccc(F)cc2)CC1=O. The molecule has 670 valence electrons. The molecule has 0 spiro atoms. The lowest BCUT2D eigenvalue weighted by molar-refractivity contribution is -0.137. The van der Waals surface area contributed by atoms with Crippen molar-refractivity contribution in [3.63, 3.8) is 0 Å². The van der Waals surface area contributed by atoms with Crippen molar-refractivity contribution in [1.29, 1.82) is 0 Å². The Kier molecular flexibility index (Phi) is 32.8. The van der Waals surface area contributed by atoms with Gasteiger partial charge in [-0.3, -0.25) is 48.2 Å². The largest absolute Gasteiger partial charge is 0.391 e. The molecule has 6 aromatic carbocycles. The van der Waals surface area contributed by atoms with Crippen molar-refractivity contribution < 1.29 is 47.9 Å². The number of aromatic nitrogens is 2. The van der Waals surface area contributed by atoms with E-state index in [1.807, 2.05) is 108 Å². The molecule has 8 aromatic rings. The summed E-state index contributed by atoms with van der Waals surface area (Å²) >= 11 is 3.87. The number of carbonyl (C=O) groups is 8. The molecular weight excluding hydrogens is 1620 g/mol. The van der Waals surface area contributed by atoms with E-state index in [4.69, 9.17) is 17.2 Å². The summed E-state index contributed by atoms with van der Waals surface area (Å²) < 4.78 is 14.6. The summed E-state index contributed by atoms with van der Waals surface area (Å²) in [5.74, 6) is -3.41. The Morgan fingerprint density at radius 2 is 1.13 bits per heavy atom. The van der Waals surface area contributed by atoms with Crippen molar-refractivity contribution in [1.82, 2.24) is 40.6 Å². The van der Waals surface area contributed by atoms with Crippen molar-refractivity contribution in [3.05, 3.63) is 220 Å². The van der Waals surface area contributed by atoms with E-state index < -0.39 is 101 Å². The number of aromatic amines is 2. The number of Topliss-reactive ketones (excluding diaryl/α,β-unsaturated/α-hetero) is 5. The normalized spacial score (nSPS) is 25.7. The molecule has 126 heavy (non-hydrogen) atoms. The molecule has 12 N–H and O–H groups in total. The molecule has 0 radical (unpaired) electrons. The Bertz CT molecular complexity index is 5130. The number of nitrogens with two attached hydrogens (primary N) is 3. The number of amides is 3. The quantitative estimate of drug-likeness (QED) is 0.0125. The van der Waals surface area contributed by atoms with Gasteiger partial charge in [-0.2, -0.15) is 23.5 Å². The van der Waals surface area contributed by atoms with Gasteiger partial charge in [-0.15, -0.1) is 0 Å². The number of benzene rings is 6. The van der Waals surface area contributed by atoms with Gasteiger partial charge in [-0.25, -0.2) is 4.39 Å². The molecule has 0 saturated carbocycles. The van der Waals surface area contributed by atoms with Gasteiger partial charge in [-0.1, -0.05) is 147 Å². The zero-order valence-electron chi connectivity index (χ0n) is 73.5. The Hall–Kier alpha value is -9.40. The highest BCUT2D eigenvalue weighted by Crippen LogP contribution is 2.50. The number of aliphatic imine (C=N–C) groups is 1. The van der Waals surface area contributed by atoms with Crippen LogP contribution >= 0.6 is 23.5 Å². The van der Waals surface area contributed by atoms with Crippen LogP contribution in [0, 0.1) is 41.3 Å². The number of likely N-dealkylation sites (tertiary alicyclic amines) is 2. The average molecular weight is 1750 g/mol. The number of thioether (sulfide) groups is 2. The Balaban J connectivity index is 0.797. The van der Waals surface area contributed by atoms with Crippen LogP contribution in [0.2, 0.25) is 0 Å². The third-order valence-corrected chi connectivity index (χ3v) is 30.2. The molecule has 3 aliphatic heterocycles. The van der Waals surface area contributed by atoms with Crippen LogP contribution in [0.1, 0.15) is 178 Å². The zero-order chi connectivity index (χ0) is 88.3. The van der Waals surface area contributed by atoms with Crippen molar-refractivity contribution in [2.24, 2.45) is 57.7 Å². The second kappa shape index (κ2) is 44.6. The predicted octanol–water partition coefficient (Wildman–Crippen LogP) is 13.2. The highest BCUT2D eigenvalue weighted by molar-refractivity contribution is 7.99. The fourth-order valence-electron chi connectivity index (χ4n) is 21.3. The highest BCUT2D eigenvalue weighted by Gasteiger charge is 2.44. The minimum absolute atomic E-state index is 0.0233. The molecule has 15 atom stereocenters. The van der Waals surface area contributed by atoms with Gasteiger partial charge in [0.25, 0.3) is 0 Å². The number of nitrogens with zero attached hydrogens (tertiary/aromatic N) is 4. The van der Waals surface area contributed by atoms with E-state index in [0.717, 1.165) is 90.2 Å². The number of piperidine rings is 2. The van der Waals surface area contributed by atoms with Crippen LogP contribution < -0.4 is 33.2 Å². The van der Waals surface area contributed by atoms with Crippen molar-refractivity contribution in [3.8, 4) is 0 Å². The minimum Gasteiger partial charge on any atom is -0.391 e. The summed E-state index contributed by atoms with van der Waals surface area (Å²) in [6, 6.07) is 41.7. The standard InChI is InChI=1S/C102H129FN12O9S2/c1-64(116)98-95(121)56-74(46-67-34-38-78(103)39-35-67)91(117)33-12-6-11-32-88(115(42-44-125-62-68-48-82-80-28-17-25-70-36-37-71(96(70)80)52-89(82)113(2)60-68)43-45-126-63-69-49-83-81-29-18-31-85-97(81)77(59-109-85)53-90(83)114(3)61-69)94(120)55-73(26-19-41-107-102(105)106)99(122)110-86(50-66-22-9-5-10-23-66)93(119)57-75(47-65-20-7-4-8-21-65)101(124)111-87(51-76-58-108-84-30-14-13-27-79(76)84)92(118)54-72(100(123)112-98)24-15-16-40-104/h4-5,7-10,13-14,17-18,20-23,25,27-31,34-35,37-39,58-59,64,68-69,72-75,82-83,86-90,98,108-109,116H,6,11-12,15-16,19,24,26,32-33,36,40-57,60-63,104H2,1-3H3,(H,110,122)(H,111,124)(H,112,123)(H4,105,106,107)/t64-,68-,69-,72-,73-,74-,75-,82-,83-,86+,87-,88-,89-,90-,98+/m1/s1. The number of halogens is 1. The zero-order valence-corrected chi connectivity index (χ0v) is 75.1. The van der Waals surface area contributed by atoms with Crippen LogP contribution in [0.25, 0.3) is 27.4 Å². The summed E-state index contributed by atoms with van der Waals surface area (Å²) in [4.78, 5) is 144. The fraction of sp³-hybridized carbons (Fsp3) is 0.500. The first-order valence-electron chi connectivity index (χ1n) is 46.1. The van der Waals surface area contributed by atoms with E-state index in [0.29, 0.717) is 111 Å². The van der Waals surface area contributed by atoms with Crippen molar-refractivity contribution in [2.45, 2.75) is 209 Å². The number of para-hydroxylation sites is 1. The maximum atomic E-state index is 16.4. The van der Waals surface area contributed by atoms with Gasteiger partial charge in [0.05, 0.1) is 24.2 Å². The van der Waals surface area contributed by atoms with E-state index in [1.165, 1.54) is 63.3 Å². The number of hydrogen-bond acceptors (Lipinski definition) is 16. The number of ketones is 5. The number of unbranched alkanes of at least 4 members (excludes halogenated alkanes) is 1. The van der Waals surface area contributed by atoms with Crippen molar-refractivity contribution in [2.75, 3.05) is 76.4 Å². The van der Waals surface area contributed by atoms with Crippen LogP contribution in [-0.4, -0.2) is 201 Å². The van der Waals surface area contributed by atoms with Gasteiger partial charge < -0.3 is 58.0 Å². The first kappa shape index (κ1) is 92.8. The molecule has 0 bridgehead atoms. The summed E-state index contributed by atoms with van der Waals surface area (Å²) in [5.41, 5.74) is 31.4. The summed E-state index contributed by atoms with van der Waals surface area (Å²) in [6.07, 6.45) is 12.5. The number of H-pyrrole nitrogens is 2. The maximum absolute atomic E-state index is 16.4. The number of rotatable bonds is 28. The highest BCUT2D eigenvalue weighted by atomic mass is 32.2. The number of fused-ring (bicyclic) bond motifs is 5. The fourth-order valence-corrected chi connectivity index (χ4v) is 23.5. The van der Waals surface area contributed by atoms with E-state index >= 15 is 38.4 Å². The lowest BCUT2D eigenvalue weighted by atomic mass is 9.70. The molecule has 2 aromatic heterocycles. The van der Waals surface area contributed by atoms with E-state index in [1.54, 1.807) is 18.3 Å². The summed E-state index contributed by atoms with van der Waals surface area (Å²) in [6.45, 7) is 4.98. The van der Waals surface area contributed by atoms with Crippen LogP contribution in [0.3, 0.4) is 0 Å². The van der Waals surface area contributed by atoms with Gasteiger partial charge in [0.1, 0.15) is 17.6 Å². The molecule has 21 nitrogen and oxygen atoms in total. The number of nitrogens with one attached hydrogen (secondary N) is 5. The van der Waals surface area contributed by atoms with E-state index in [9.17, 15) is 9.50 Å². The van der Waals surface area contributed by atoms with Gasteiger partial charge in [-0.05, 0) is 221 Å². The molecule has 24 heteroatoms. The number of allylic oxidation sites excluding steroid dienone is 1. The van der Waals surface area contributed by atoms with Gasteiger partial charge in [0.15, 0.2) is 29.1 Å². The number of hydrogen-bond donors (Lipinski definition) is 9. The monoisotopic (exact) mass is 1750 g/mol. The minimum atomic E-state index is -1.51. The molecule has 6 aliphatic rings. The lowest BCUT2D eigenvalue weighted by Crippen LogP contribution is -2.51. The molecule has 3 aliphatic carbocycles. The molecular formula is C102H129FN12O9S2. The number of likely N-dealkylation sites (N-methyl/N-ethyl adjacent to an activating group) is 2. The number of carbonyl (C=O) groups excluding carboxylic acids is 8. The molecule has 0 unspecified atom stereocenters. The smallest absolute Gasteiger partial charge is 0.224 e. The van der Waals surface area contributed by atoms with Crippen LogP contribution in [-0.2, 0) is 76.9 Å². The molecule has 5 heterocycles. The maximum Gasteiger partial charge on any atom is 0.224 e. The number of aliphatic hydroxyl groups is 1. The van der Waals surface area contributed by atoms with Gasteiger partial charge in [0, 0.05) is 165 Å². The predicted molar refractivity (Wildman–Crippen MR) is 503 cm³/mol. The topological polar surface area (TPSA) is 325 Å². The molecule has 3 saturated heterocycles. The first-order chi connectivity index (χ1) is 61.1. The second-order valence-electron chi connectivity index (χ2n) is 36.8. The van der Waals surface area contributed by atoms with Crippen LogP contribution in [0.4, 0.5) is 4.39 Å².